The van der Waals surface area contributed by atoms with Crippen molar-refractivity contribution in [2.75, 3.05) is 26.8 Å². The van der Waals surface area contributed by atoms with Crippen LogP contribution in [0.2, 0.25) is 0 Å². The summed E-state index contributed by atoms with van der Waals surface area (Å²) < 4.78 is 6.43. The van der Waals surface area contributed by atoms with Crippen molar-refractivity contribution in [3.63, 3.8) is 0 Å². The van der Waals surface area contributed by atoms with Gasteiger partial charge in [-0.2, -0.15) is 0 Å². The molecule has 1 rings (SSSR count). The Labute approximate surface area is 108 Å². The molecule has 0 radical (unpaired) electrons. The maximum Gasteiger partial charge on any atom is 0.260 e. The van der Waals surface area contributed by atoms with E-state index in [4.69, 9.17) is 9.84 Å². The Morgan fingerprint density at radius 3 is 2.62 bits per heavy atom. The number of halogens is 1. The van der Waals surface area contributed by atoms with E-state index in [0.29, 0.717) is 12.3 Å². The summed E-state index contributed by atoms with van der Waals surface area (Å²) in [4.78, 5) is 12.9. The zero-order chi connectivity index (χ0) is 12.0. The van der Waals surface area contributed by atoms with E-state index in [0.717, 1.165) is 3.57 Å². The molecule has 1 aromatic carbocycles. The smallest absolute Gasteiger partial charge is 0.260 e. The highest BCUT2D eigenvalue weighted by Gasteiger charge is 2.08. The van der Waals surface area contributed by atoms with Gasteiger partial charge in [-0.3, -0.25) is 4.79 Å². The number of rotatable bonds is 5. The molecule has 1 amide bonds. The largest absolute Gasteiger partial charge is 0.484 e. The van der Waals surface area contributed by atoms with Gasteiger partial charge in [0.05, 0.1) is 6.61 Å². The number of ether oxygens (including phenoxy) is 1. The number of carbonyl (C=O) groups excluding carboxylic acids is 1. The van der Waals surface area contributed by atoms with Gasteiger partial charge in [-0.15, -0.1) is 0 Å². The van der Waals surface area contributed by atoms with Crippen LogP contribution < -0.4 is 4.74 Å². The highest BCUT2D eigenvalue weighted by Crippen LogP contribution is 2.13. The van der Waals surface area contributed by atoms with E-state index in [1.165, 1.54) is 4.90 Å². The SMILES string of the molecule is CN(CCO)C(=O)COc1ccc(I)cc1. The molecule has 1 aromatic rings. The summed E-state index contributed by atoms with van der Waals surface area (Å²) in [6, 6.07) is 7.47. The summed E-state index contributed by atoms with van der Waals surface area (Å²) in [6.07, 6.45) is 0. The van der Waals surface area contributed by atoms with Gasteiger partial charge in [0.1, 0.15) is 5.75 Å². The fraction of sp³-hybridized carbons (Fsp3) is 0.364. The van der Waals surface area contributed by atoms with Gasteiger partial charge in [0.25, 0.3) is 5.91 Å². The van der Waals surface area contributed by atoms with Gasteiger partial charge >= 0.3 is 0 Å². The van der Waals surface area contributed by atoms with Gasteiger partial charge in [0.2, 0.25) is 0 Å². The van der Waals surface area contributed by atoms with Crippen LogP contribution in [0.4, 0.5) is 0 Å². The number of aliphatic hydroxyl groups is 1. The van der Waals surface area contributed by atoms with Gasteiger partial charge in [-0.1, -0.05) is 0 Å². The number of benzene rings is 1. The first-order valence-electron chi connectivity index (χ1n) is 4.86. The highest BCUT2D eigenvalue weighted by molar-refractivity contribution is 14.1. The highest BCUT2D eigenvalue weighted by atomic mass is 127. The molecular formula is C11H14INO3. The molecule has 0 spiro atoms. The van der Waals surface area contributed by atoms with E-state index in [-0.39, 0.29) is 19.1 Å². The Morgan fingerprint density at radius 1 is 1.44 bits per heavy atom. The van der Waals surface area contributed by atoms with E-state index in [1.54, 1.807) is 7.05 Å². The standard InChI is InChI=1S/C11H14INO3/c1-13(6-7-14)11(15)8-16-10-4-2-9(12)3-5-10/h2-5,14H,6-8H2,1H3. The monoisotopic (exact) mass is 335 g/mol. The molecular weight excluding hydrogens is 321 g/mol. The average Bonchev–Trinajstić information content (AvgIpc) is 2.28. The molecule has 0 heterocycles. The molecule has 0 saturated carbocycles. The predicted octanol–water partition coefficient (Wildman–Crippen LogP) is 1.12. The molecule has 0 unspecified atom stereocenters. The predicted molar refractivity (Wildman–Crippen MR) is 69.4 cm³/mol. The quantitative estimate of drug-likeness (QED) is 0.821. The number of likely N-dealkylation sites (N-methyl/N-ethyl adjacent to an activating group) is 1. The van der Waals surface area contributed by atoms with E-state index >= 15 is 0 Å². The molecule has 0 saturated heterocycles. The van der Waals surface area contributed by atoms with Gasteiger partial charge in [-0.05, 0) is 46.9 Å². The van der Waals surface area contributed by atoms with E-state index in [1.807, 2.05) is 24.3 Å². The molecule has 0 aromatic heterocycles. The lowest BCUT2D eigenvalue weighted by atomic mass is 10.3. The molecule has 0 atom stereocenters. The number of amides is 1. The van der Waals surface area contributed by atoms with E-state index < -0.39 is 0 Å². The molecule has 5 heteroatoms. The molecule has 0 aliphatic heterocycles. The third-order valence-corrected chi connectivity index (χ3v) is 2.76. The maximum atomic E-state index is 11.5. The third kappa shape index (κ3) is 4.36. The van der Waals surface area contributed by atoms with Gasteiger partial charge < -0.3 is 14.7 Å². The normalized spacial score (nSPS) is 9.94. The minimum atomic E-state index is -0.146. The van der Waals surface area contributed by atoms with Crippen molar-refractivity contribution in [3.8, 4) is 5.75 Å². The fourth-order valence-corrected chi connectivity index (χ4v) is 1.42. The summed E-state index contributed by atoms with van der Waals surface area (Å²) in [5.74, 6) is 0.527. The Hall–Kier alpha value is -0.820. The first-order chi connectivity index (χ1) is 7.63. The van der Waals surface area contributed by atoms with Crippen molar-refractivity contribution in [1.82, 2.24) is 4.90 Å². The Kier molecular flexibility index (Phi) is 5.54. The minimum Gasteiger partial charge on any atom is -0.484 e. The summed E-state index contributed by atoms with van der Waals surface area (Å²) in [6.45, 7) is 0.289. The second kappa shape index (κ2) is 6.70. The summed E-state index contributed by atoms with van der Waals surface area (Å²) >= 11 is 2.20. The lowest BCUT2D eigenvalue weighted by molar-refractivity contribution is -0.132. The van der Waals surface area contributed by atoms with Crippen LogP contribution in [0.1, 0.15) is 0 Å². The Morgan fingerprint density at radius 2 is 2.06 bits per heavy atom. The molecule has 0 aliphatic carbocycles. The van der Waals surface area contributed by atoms with Gasteiger partial charge in [0, 0.05) is 17.2 Å². The average molecular weight is 335 g/mol. The van der Waals surface area contributed by atoms with Crippen LogP contribution in [-0.4, -0.2) is 42.7 Å². The van der Waals surface area contributed by atoms with Crippen LogP contribution in [-0.2, 0) is 4.79 Å². The van der Waals surface area contributed by atoms with Gasteiger partial charge in [-0.25, -0.2) is 0 Å². The van der Waals surface area contributed by atoms with E-state index in [9.17, 15) is 4.79 Å². The number of hydrogen-bond acceptors (Lipinski definition) is 3. The van der Waals surface area contributed by atoms with Crippen molar-refractivity contribution in [2.24, 2.45) is 0 Å². The number of carbonyl (C=O) groups is 1. The van der Waals surface area contributed by atoms with Crippen molar-refractivity contribution in [3.05, 3.63) is 27.8 Å². The van der Waals surface area contributed by atoms with Crippen molar-refractivity contribution < 1.29 is 14.6 Å². The fourth-order valence-electron chi connectivity index (χ4n) is 1.06. The number of hydrogen-bond donors (Lipinski definition) is 1. The van der Waals surface area contributed by atoms with Crippen molar-refractivity contribution >= 4 is 28.5 Å². The van der Waals surface area contributed by atoms with Crippen LogP contribution in [0, 0.1) is 3.57 Å². The first kappa shape index (κ1) is 13.2. The molecule has 88 valence electrons. The van der Waals surface area contributed by atoms with Crippen molar-refractivity contribution in [1.29, 1.82) is 0 Å². The van der Waals surface area contributed by atoms with Gasteiger partial charge in [0.15, 0.2) is 6.61 Å². The maximum absolute atomic E-state index is 11.5. The zero-order valence-electron chi connectivity index (χ0n) is 9.02. The van der Waals surface area contributed by atoms with Crippen LogP contribution in [0.15, 0.2) is 24.3 Å². The summed E-state index contributed by atoms with van der Waals surface area (Å²) in [5, 5.41) is 8.67. The first-order valence-corrected chi connectivity index (χ1v) is 5.94. The third-order valence-electron chi connectivity index (χ3n) is 2.04. The molecule has 16 heavy (non-hydrogen) atoms. The lowest BCUT2D eigenvalue weighted by Crippen LogP contribution is -2.33. The minimum absolute atomic E-state index is 0.00288. The lowest BCUT2D eigenvalue weighted by Gasteiger charge is -2.15. The zero-order valence-corrected chi connectivity index (χ0v) is 11.2. The summed E-state index contributed by atoms with van der Waals surface area (Å²) in [7, 11) is 1.63. The summed E-state index contributed by atoms with van der Waals surface area (Å²) in [5.41, 5.74) is 0. The number of nitrogens with zero attached hydrogens (tertiary/aromatic N) is 1. The molecule has 0 fully saturated rings. The van der Waals surface area contributed by atoms with E-state index in [2.05, 4.69) is 22.6 Å². The second-order valence-electron chi connectivity index (χ2n) is 3.28. The van der Waals surface area contributed by atoms with Crippen LogP contribution in [0.5, 0.6) is 5.75 Å². The molecule has 4 nitrogen and oxygen atoms in total. The molecule has 0 aliphatic rings. The van der Waals surface area contributed by atoms with Crippen LogP contribution >= 0.6 is 22.6 Å². The van der Waals surface area contributed by atoms with Crippen LogP contribution in [0.25, 0.3) is 0 Å². The topological polar surface area (TPSA) is 49.8 Å². The Balaban J connectivity index is 2.39. The second-order valence-corrected chi connectivity index (χ2v) is 4.53. The Bertz CT molecular complexity index is 340. The molecule has 1 N–H and O–H groups in total. The van der Waals surface area contributed by atoms with Crippen LogP contribution in [0.3, 0.4) is 0 Å². The number of aliphatic hydroxyl groups excluding tert-OH is 1. The van der Waals surface area contributed by atoms with Crippen molar-refractivity contribution in [2.45, 2.75) is 0 Å². The molecule has 0 bridgehead atoms.